The zero-order valence-electron chi connectivity index (χ0n) is 10.2. The van der Waals surface area contributed by atoms with Crippen molar-refractivity contribution in [3.05, 3.63) is 28.2 Å². The van der Waals surface area contributed by atoms with Crippen LogP contribution in [0.25, 0.3) is 0 Å². The van der Waals surface area contributed by atoms with Gasteiger partial charge in [0.05, 0.1) is 11.5 Å². The summed E-state index contributed by atoms with van der Waals surface area (Å²) in [5.41, 5.74) is 6.51. The molecule has 4 N–H and O–H groups in total. The highest BCUT2D eigenvalue weighted by Gasteiger charge is 2.29. The fourth-order valence-electron chi connectivity index (χ4n) is 2.38. The standard InChI is InChI=1S/C13H15BrN2O3/c14-11-6-9(3-4-10(11)12(15)17)16-8-2-1-7(5-8)13(18)19/h3-4,6-8,16H,1-2,5H2,(H2,15,17)(H,18,19). The number of aliphatic carboxylic acids is 1. The molecule has 1 aliphatic rings. The van der Waals surface area contributed by atoms with E-state index in [1.54, 1.807) is 18.2 Å². The largest absolute Gasteiger partial charge is 0.481 e. The summed E-state index contributed by atoms with van der Waals surface area (Å²) in [7, 11) is 0. The molecule has 1 aromatic rings. The molecular formula is C13H15BrN2O3. The van der Waals surface area contributed by atoms with E-state index in [1.165, 1.54) is 0 Å². The highest BCUT2D eigenvalue weighted by atomic mass is 79.9. The molecule has 0 heterocycles. The Bertz CT molecular complexity index is 519. The lowest BCUT2D eigenvalue weighted by atomic mass is 10.1. The van der Waals surface area contributed by atoms with Crippen LogP contribution in [0.4, 0.5) is 5.69 Å². The number of carbonyl (C=O) groups excluding carboxylic acids is 1. The zero-order valence-corrected chi connectivity index (χ0v) is 11.8. The van der Waals surface area contributed by atoms with Crippen molar-refractivity contribution in [3.8, 4) is 0 Å². The van der Waals surface area contributed by atoms with E-state index in [1.807, 2.05) is 0 Å². The first kappa shape index (κ1) is 13.9. The summed E-state index contributed by atoms with van der Waals surface area (Å²) in [6.07, 6.45) is 2.17. The number of halogens is 1. The number of carbonyl (C=O) groups is 2. The van der Waals surface area contributed by atoms with Crippen molar-refractivity contribution in [1.29, 1.82) is 0 Å². The van der Waals surface area contributed by atoms with Gasteiger partial charge >= 0.3 is 5.97 Å². The van der Waals surface area contributed by atoms with E-state index in [2.05, 4.69) is 21.2 Å². The quantitative estimate of drug-likeness (QED) is 0.790. The highest BCUT2D eigenvalue weighted by Crippen LogP contribution is 2.29. The smallest absolute Gasteiger partial charge is 0.306 e. The Morgan fingerprint density at radius 2 is 2.11 bits per heavy atom. The molecule has 102 valence electrons. The number of benzene rings is 1. The number of hydrogen-bond acceptors (Lipinski definition) is 3. The van der Waals surface area contributed by atoms with Gasteiger partial charge in [0.15, 0.2) is 0 Å². The summed E-state index contributed by atoms with van der Waals surface area (Å²) in [5, 5.41) is 12.2. The molecule has 19 heavy (non-hydrogen) atoms. The number of nitrogens with two attached hydrogens (primary N) is 1. The first-order valence-electron chi connectivity index (χ1n) is 6.06. The van der Waals surface area contributed by atoms with Crippen LogP contribution in [-0.2, 0) is 4.79 Å². The molecule has 0 aromatic heterocycles. The van der Waals surface area contributed by atoms with Crippen LogP contribution in [0, 0.1) is 5.92 Å². The Morgan fingerprint density at radius 1 is 1.37 bits per heavy atom. The zero-order chi connectivity index (χ0) is 14.0. The number of amides is 1. The van der Waals surface area contributed by atoms with Crippen LogP contribution in [0.1, 0.15) is 29.6 Å². The minimum atomic E-state index is -0.727. The molecule has 6 heteroatoms. The second kappa shape index (κ2) is 5.61. The van der Waals surface area contributed by atoms with E-state index in [-0.39, 0.29) is 12.0 Å². The van der Waals surface area contributed by atoms with Crippen molar-refractivity contribution < 1.29 is 14.7 Å². The van der Waals surface area contributed by atoms with Crippen molar-refractivity contribution >= 4 is 33.5 Å². The maximum absolute atomic E-state index is 11.1. The molecule has 5 nitrogen and oxygen atoms in total. The van der Waals surface area contributed by atoms with Crippen LogP contribution < -0.4 is 11.1 Å². The Kier molecular flexibility index (Phi) is 4.09. The minimum Gasteiger partial charge on any atom is -0.481 e. The lowest BCUT2D eigenvalue weighted by Crippen LogP contribution is -2.18. The molecule has 1 saturated carbocycles. The van der Waals surface area contributed by atoms with Crippen molar-refractivity contribution in [2.75, 3.05) is 5.32 Å². The third-order valence-electron chi connectivity index (χ3n) is 3.39. The van der Waals surface area contributed by atoms with Crippen molar-refractivity contribution in [3.63, 3.8) is 0 Å². The average molecular weight is 327 g/mol. The molecule has 1 aromatic carbocycles. The second-order valence-corrected chi connectivity index (χ2v) is 5.60. The molecule has 0 saturated heterocycles. The molecule has 0 radical (unpaired) electrons. The maximum atomic E-state index is 11.1. The SMILES string of the molecule is NC(=O)c1ccc(NC2CCC(C(=O)O)C2)cc1Br. The molecular weight excluding hydrogens is 312 g/mol. The van der Waals surface area contributed by atoms with Gasteiger partial charge in [-0.05, 0) is 53.4 Å². The molecule has 2 rings (SSSR count). The summed E-state index contributed by atoms with van der Waals surface area (Å²) < 4.78 is 0.637. The Labute approximate surface area is 119 Å². The third kappa shape index (κ3) is 3.26. The number of anilines is 1. The Morgan fingerprint density at radius 3 is 2.63 bits per heavy atom. The van der Waals surface area contributed by atoms with Crippen LogP contribution in [-0.4, -0.2) is 23.0 Å². The second-order valence-electron chi connectivity index (χ2n) is 4.75. The van der Waals surface area contributed by atoms with Gasteiger partial charge in [-0.3, -0.25) is 9.59 Å². The van der Waals surface area contributed by atoms with E-state index in [0.29, 0.717) is 22.9 Å². The predicted molar refractivity (Wildman–Crippen MR) is 75.0 cm³/mol. The Hall–Kier alpha value is -1.56. The predicted octanol–water partition coefficient (Wildman–Crippen LogP) is 2.21. The van der Waals surface area contributed by atoms with Crippen LogP contribution in [0.15, 0.2) is 22.7 Å². The molecule has 1 aliphatic carbocycles. The van der Waals surface area contributed by atoms with E-state index < -0.39 is 11.9 Å². The number of rotatable bonds is 4. The maximum Gasteiger partial charge on any atom is 0.306 e. The van der Waals surface area contributed by atoms with Crippen molar-refractivity contribution in [1.82, 2.24) is 0 Å². The molecule has 0 bridgehead atoms. The van der Waals surface area contributed by atoms with E-state index in [9.17, 15) is 9.59 Å². The topological polar surface area (TPSA) is 92.4 Å². The lowest BCUT2D eigenvalue weighted by Gasteiger charge is -2.14. The van der Waals surface area contributed by atoms with Crippen LogP contribution in [0.2, 0.25) is 0 Å². The minimum absolute atomic E-state index is 0.160. The van der Waals surface area contributed by atoms with Gasteiger partial charge in [-0.2, -0.15) is 0 Å². The van der Waals surface area contributed by atoms with E-state index >= 15 is 0 Å². The van der Waals surface area contributed by atoms with E-state index in [0.717, 1.165) is 12.1 Å². The number of carboxylic acid groups (broad SMARTS) is 1. The van der Waals surface area contributed by atoms with Gasteiger partial charge in [-0.25, -0.2) is 0 Å². The van der Waals surface area contributed by atoms with Gasteiger partial charge in [0.1, 0.15) is 0 Å². The Balaban J connectivity index is 2.03. The number of nitrogens with one attached hydrogen (secondary N) is 1. The lowest BCUT2D eigenvalue weighted by molar-refractivity contribution is -0.141. The fraction of sp³-hybridized carbons (Fsp3) is 0.385. The summed E-state index contributed by atoms with van der Waals surface area (Å²) in [6.45, 7) is 0. The van der Waals surface area contributed by atoms with Gasteiger partial charge in [0.2, 0.25) is 5.91 Å². The van der Waals surface area contributed by atoms with Gasteiger partial charge < -0.3 is 16.2 Å². The summed E-state index contributed by atoms with van der Waals surface area (Å²) in [5.74, 6) is -1.47. The van der Waals surface area contributed by atoms with E-state index in [4.69, 9.17) is 10.8 Å². The molecule has 2 unspecified atom stereocenters. The monoisotopic (exact) mass is 326 g/mol. The number of primary amides is 1. The number of carboxylic acids is 1. The molecule has 1 amide bonds. The van der Waals surface area contributed by atoms with Crippen molar-refractivity contribution in [2.24, 2.45) is 11.7 Å². The summed E-state index contributed by atoms with van der Waals surface area (Å²) in [4.78, 5) is 22.0. The van der Waals surface area contributed by atoms with Gasteiger partial charge in [0.25, 0.3) is 0 Å². The molecule has 0 aliphatic heterocycles. The molecule has 1 fully saturated rings. The van der Waals surface area contributed by atoms with Crippen molar-refractivity contribution in [2.45, 2.75) is 25.3 Å². The highest BCUT2D eigenvalue weighted by molar-refractivity contribution is 9.10. The van der Waals surface area contributed by atoms with Crippen LogP contribution >= 0.6 is 15.9 Å². The van der Waals surface area contributed by atoms with Gasteiger partial charge in [0, 0.05) is 16.2 Å². The first-order valence-corrected chi connectivity index (χ1v) is 6.85. The molecule has 0 spiro atoms. The van der Waals surface area contributed by atoms with Gasteiger partial charge in [-0.15, -0.1) is 0 Å². The van der Waals surface area contributed by atoms with Crippen LogP contribution in [0.5, 0.6) is 0 Å². The van der Waals surface area contributed by atoms with Crippen LogP contribution in [0.3, 0.4) is 0 Å². The average Bonchev–Trinajstić information content (AvgIpc) is 2.77. The normalized spacial score (nSPS) is 22.2. The first-order chi connectivity index (χ1) is 8.97. The van der Waals surface area contributed by atoms with Gasteiger partial charge in [-0.1, -0.05) is 0 Å². The fourth-order valence-corrected chi connectivity index (χ4v) is 2.95. The summed E-state index contributed by atoms with van der Waals surface area (Å²) in [6, 6.07) is 5.37. The number of hydrogen-bond donors (Lipinski definition) is 3. The summed E-state index contributed by atoms with van der Waals surface area (Å²) >= 11 is 3.30. The third-order valence-corrected chi connectivity index (χ3v) is 4.04. The molecule has 2 atom stereocenters.